The van der Waals surface area contributed by atoms with Gasteiger partial charge >= 0.3 is 0 Å². The van der Waals surface area contributed by atoms with Crippen molar-refractivity contribution in [1.82, 2.24) is 0 Å². The number of nitrogens with zero attached hydrogens (tertiary/aromatic N) is 1. The van der Waals surface area contributed by atoms with Crippen molar-refractivity contribution >= 4 is 38.9 Å². The first-order valence-electron chi connectivity index (χ1n) is 10.6. The van der Waals surface area contributed by atoms with E-state index in [9.17, 15) is 26.8 Å². The Balaban J connectivity index is 1.50. The molecule has 0 unspecified atom stereocenters. The number of benzene rings is 3. The summed E-state index contributed by atoms with van der Waals surface area (Å²) in [6.45, 7) is 4.08. The minimum Gasteiger partial charge on any atom is -0.322 e. The van der Waals surface area contributed by atoms with Crippen LogP contribution in [0.4, 0.5) is 25.8 Å². The van der Waals surface area contributed by atoms with Crippen LogP contribution in [0, 0.1) is 11.6 Å². The molecule has 2 amide bonds. The van der Waals surface area contributed by atoms with Crippen LogP contribution in [-0.4, -0.2) is 26.8 Å². The zero-order valence-corrected chi connectivity index (χ0v) is 19.2. The summed E-state index contributed by atoms with van der Waals surface area (Å²) in [5.74, 6) is -3.02. The van der Waals surface area contributed by atoms with Gasteiger partial charge in [0.05, 0.1) is 4.90 Å². The van der Waals surface area contributed by atoms with Crippen LogP contribution in [-0.2, 0) is 21.2 Å². The quantitative estimate of drug-likeness (QED) is 0.491. The number of fused-ring (bicyclic) bond motifs is 1. The summed E-state index contributed by atoms with van der Waals surface area (Å²) in [6.07, 6.45) is 2.60. The molecule has 0 fully saturated rings. The lowest BCUT2D eigenvalue weighted by Crippen LogP contribution is -2.35. The topological polar surface area (TPSA) is 95.6 Å². The first-order valence-corrected chi connectivity index (χ1v) is 12.1. The Labute approximate surface area is 201 Å². The first-order chi connectivity index (χ1) is 16.7. The van der Waals surface area contributed by atoms with Crippen molar-refractivity contribution in [1.29, 1.82) is 0 Å². The number of sulfonamides is 1. The summed E-state index contributed by atoms with van der Waals surface area (Å²) in [7, 11) is -4.14. The third-order valence-corrected chi connectivity index (χ3v) is 6.91. The monoisotopic (exact) mass is 497 g/mol. The van der Waals surface area contributed by atoms with Gasteiger partial charge in [-0.2, -0.15) is 0 Å². The lowest BCUT2D eigenvalue weighted by atomic mass is 9.95. The lowest BCUT2D eigenvalue weighted by Gasteiger charge is -2.29. The number of nitrogens with one attached hydrogen (secondary N) is 2. The molecule has 1 aliphatic heterocycles. The molecule has 180 valence electrons. The number of carbonyl (C=O) groups is 2. The highest BCUT2D eigenvalue weighted by Gasteiger charge is 2.25. The standard InChI is InChI=1S/C25H21F2N3O4S/c1-2-24(31)30-14-4-6-19-20(5-3-7-23(19)30)25(32)28-16-8-10-17(11-9-16)29-35(33,34)18-12-13-21(26)22(27)15-18/h2-3,5,7-13,15,29H,1,4,6,14H2,(H,28,32). The van der Waals surface area contributed by atoms with E-state index in [2.05, 4.69) is 16.6 Å². The molecule has 1 aliphatic rings. The third-order valence-electron chi connectivity index (χ3n) is 5.53. The number of hydrogen-bond donors (Lipinski definition) is 2. The van der Waals surface area contributed by atoms with E-state index < -0.39 is 26.6 Å². The lowest BCUT2D eigenvalue weighted by molar-refractivity contribution is -0.114. The molecule has 35 heavy (non-hydrogen) atoms. The molecule has 0 radical (unpaired) electrons. The van der Waals surface area contributed by atoms with Gasteiger partial charge in [0.15, 0.2) is 11.6 Å². The summed E-state index contributed by atoms with van der Waals surface area (Å²) in [4.78, 5) is 26.3. The zero-order valence-electron chi connectivity index (χ0n) is 18.4. The molecule has 0 saturated heterocycles. The summed E-state index contributed by atoms with van der Waals surface area (Å²) in [6, 6.07) is 13.3. The van der Waals surface area contributed by atoms with Crippen LogP contribution in [0.2, 0.25) is 0 Å². The molecular formula is C25H21F2N3O4S. The predicted octanol–water partition coefficient (Wildman–Crippen LogP) is 4.48. The first kappa shape index (κ1) is 24.1. The fraction of sp³-hybridized carbons (Fsp3) is 0.120. The van der Waals surface area contributed by atoms with Crippen molar-refractivity contribution in [3.05, 3.63) is 96.1 Å². The van der Waals surface area contributed by atoms with Crippen LogP contribution in [0.3, 0.4) is 0 Å². The van der Waals surface area contributed by atoms with Gasteiger partial charge in [-0.15, -0.1) is 0 Å². The van der Waals surface area contributed by atoms with Crippen LogP contribution >= 0.6 is 0 Å². The van der Waals surface area contributed by atoms with E-state index in [1.807, 2.05) is 0 Å². The molecule has 0 saturated carbocycles. The summed E-state index contributed by atoms with van der Waals surface area (Å²) < 4.78 is 53.7. The number of anilines is 3. The highest BCUT2D eigenvalue weighted by atomic mass is 32.2. The van der Waals surface area contributed by atoms with Crippen LogP contribution < -0.4 is 14.9 Å². The van der Waals surface area contributed by atoms with Gasteiger partial charge in [-0.3, -0.25) is 14.3 Å². The molecule has 0 bridgehead atoms. The van der Waals surface area contributed by atoms with Crippen molar-refractivity contribution in [3.8, 4) is 0 Å². The predicted molar refractivity (Wildman–Crippen MR) is 129 cm³/mol. The van der Waals surface area contributed by atoms with Gasteiger partial charge < -0.3 is 10.2 Å². The van der Waals surface area contributed by atoms with Gasteiger partial charge in [0.25, 0.3) is 15.9 Å². The number of hydrogen-bond acceptors (Lipinski definition) is 4. The van der Waals surface area contributed by atoms with Gasteiger partial charge in [0.1, 0.15) is 0 Å². The normalized spacial score (nSPS) is 13.0. The summed E-state index contributed by atoms with van der Waals surface area (Å²) >= 11 is 0. The molecule has 1 heterocycles. The van der Waals surface area contributed by atoms with Gasteiger partial charge in [-0.05, 0) is 79.1 Å². The van der Waals surface area contributed by atoms with E-state index in [4.69, 9.17) is 0 Å². The smallest absolute Gasteiger partial charge is 0.261 e. The van der Waals surface area contributed by atoms with E-state index in [0.717, 1.165) is 17.7 Å². The van der Waals surface area contributed by atoms with E-state index in [1.165, 1.54) is 30.3 Å². The molecule has 3 aromatic rings. The highest BCUT2D eigenvalue weighted by molar-refractivity contribution is 7.92. The van der Waals surface area contributed by atoms with E-state index in [1.54, 1.807) is 23.1 Å². The molecular weight excluding hydrogens is 476 g/mol. The SMILES string of the molecule is C=CC(=O)N1CCCc2c(C(=O)Nc3ccc(NS(=O)(=O)c4ccc(F)c(F)c4)cc3)cccc21. The van der Waals surface area contributed by atoms with Gasteiger partial charge in [0, 0.05) is 29.2 Å². The molecule has 0 aliphatic carbocycles. The van der Waals surface area contributed by atoms with Crippen LogP contribution in [0.25, 0.3) is 0 Å². The Kier molecular flexibility index (Phi) is 6.65. The molecule has 0 spiro atoms. The van der Waals surface area contributed by atoms with Crippen molar-refractivity contribution < 1.29 is 26.8 Å². The fourth-order valence-electron chi connectivity index (χ4n) is 3.85. The van der Waals surface area contributed by atoms with E-state index in [-0.39, 0.29) is 17.5 Å². The molecule has 10 heteroatoms. The third kappa shape index (κ3) is 5.07. The Morgan fingerprint density at radius 1 is 0.971 bits per heavy atom. The zero-order chi connectivity index (χ0) is 25.2. The highest BCUT2D eigenvalue weighted by Crippen LogP contribution is 2.31. The molecule has 7 nitrogen and oxygen atoms in total. The largest absolute Gasteiger partial charge is 0.322 e. The van der Waals surface area contributed by atoms with E-state index in [0.29, 0.717) is 42.4 Å². The van der Waals surface area contributed by atoms with Gasteiger partial charge in [-0.25, -0.2) is 17.2 Å². The molecule has 2 N–H and O–H groups in total. The Hall–Kier alpha value is -4.05. The second-order valence-electron chi connectivity index (χ2n) is 7.81. The minimum absolute atomic E-state index is 0.170. The molecule has 3 aromatic carbocycles. The second-order valence-corrected chi connectivity index (χ2v) is 9.50. The fourth-order valence-corrected chi connectivity index (χ4v) is 4.92. The summed E-state index contributed by atoms with van der Waals surface area (Å²) in [5, 5.41) is 2.77. The summed E-state index contributed by atoms with van der Waals surface area (Å²) in [5.41, 5.74) is 2.46. The molecule has 0 atom stereocenters. The van der Waals surface area contributed by atoms with E-state index >= 15 is 0 Å². The van der Waals surface area contributed by atoms with Gasteiger partial charge in [-0.1, -0.05) is 12.6 Å². The number of carbonyl (C=O) groups excluding carboxylic acids is 2. The average Bonchev–Trinajstić information content (AvgIpc) is 2.85. The molecule has 0 aromatic heterocycles. The maximum Gasteiger partial charge on any atom is 0.261 e. The van der Waals surface area contributed by atoms with Crippen molar-refractivity contribution in [2.45, 2.75) is 17.7 Å². The van der Waals surface area contributed by atoms with Crippen molar-refractivity contribution in [2.24, 2.45) is 0 Å². The Bertz CT molecular complexity index is 1420. The number of amides is 2. The van der Waals surface area contributed by atoms with Crippen LogP contribution in [0.1, 0.15) is 22.3 Å². The van der Waals surface area contributed by atoms with Crippen molar-refractivity contribution in [3.63, 3.8) is 0 Å². The average molecular weight is 498 g/mol. The maximum absolute atomic E-state index is 13.4. The Morgan fingerprint density at radius 3 is 2.37 bits per heavy atom. The second kappa shape index (κ2) is 9.67. The molecule has 4 rings (SSSR count). The van der Waals surface area contributed by atoms with Gasteiger partial charge in [0.2, 0.25) is 5.91 Å². The number of halogens is 2. The van der Waals surface area contributed by atoms with Crippen LogP contribution in [0.15, 0.2) is 78.2 Å². The van der Waals surface area contributed by atoms with Crippen molar-refractivity contribution in [2.75, 3.05) is 21.5 Å². The Morgan fingerprint density at radius 2 is 1.69 bits per heavy atom. The van der Waals surface area contributed by atoms with Crippen LogP contribution in [0.5, 0.6) is 0 Å². The number of rotatable bonds is 6. The maximum atomic E-state index is 13.4. The minimum atomic E-state index is -4.14.